The molecule has 0 aliphatic carbocycles. The van der Waals surface area contributed by atoms with Crippen LogP contribution >= 0.6 is 68.0 Å². The van der Waals surface area contributed by atoms with Crippen LogP contribution in [0.3, 0.4) is 0 Å². The Kier molecular flexibility index (Phi) is 18.9. The van der Waals surface area contributed by atoms with Gasteiger partial charge in [0, 0.05) is 12.5 Å². The molecule has 0 saturated heterocycles. The third-order valence-corrected chi connectivity index (χ3v) is 39.3. The number of carbonyl (C=O) groups is 1. The first kappa shape index (κ1) is 48.7. The molecule has 59 heavy (non-hydrogen) atoms. The standard InChI is InChI=1S/C43H54O2S6.6CH3.2Sn/c1-4-30(29-44)21-15-11-7-9-13-17-23-32-36(34-25-19-27-46-34)48-40-38(32)50-43-41-39(51-42(40)43)33(37(49-41)35-26-20-28-47-35)24-18-14-10-8-12-16-22-31(5-2)45-6-3;;;;;;;;/h19-20,25-26,29-31H,4-18,21-24H2,1-3H3;6*1H3;;. The van der Waals surface area contributed by atoms with E-state index in [4.69, 9.17) is 4.74 Å². The van der Waals surface area contributed by atoms with Gasteiger partial charge in [0.1, 0.15) is 6.29 Å². The molecular formula is C49H72O2S6Sn2. The molecule has 0 saturated carbocycles. The van der Waals surface area contributed by atoms with Gasteiger partial charge in [0.25, 0.3) is 0 Å². The molecule has 0 radical (unpaired) electrons. The summed E-state index contributed by atoms with van der Waals surface area (Å²) in [6, 6.07) is 9.92. The third kappa shape index (κ3) is 12.5. The van der Waals surface area contributed by atoms with Gasteiger partial charge in [-0.25, -0.2) is 0 Å². The van der Waals surface area contributed by atoms with E-state index < -0.39 is 36.8 Å². The quantitative estimate of drug-likeness (QED) is 0.0292. The SMILES string of the molecule is CCOC(CC)CCCCCCCCc1c(-c2cc[c]([Sn]([CH3])([CH3])[CH3])s2)sc2c1sc1c3sc(-c4cc[c]([Sn]([CH3])([CH3])[CH3])s4)c(CCCCCCCCC(C=O)CC)c3sc21. The van der Waals surface area contributed by atoms with Crippen molar-refractivity contribution in [2.75, 3.05) is 6.61 Å². The molecule has 2 nitrogen and oxygen atoms in total. The van der Waals surface area contributed by atoms with Crippen LogP contribution in [0.1, 0.15) is 135 Å². The van der Waals surface area contributed by atoms with E-state index in [1.54, 1.807) is 54.9 Å². The molecule has 0 amide bonds. The third-order valence-electron chi connectivity index (χ3n) is 12.1. The molecule has 0 aliphatic heterocycles. The number of fused-ring (bicyclic) bond motifs is 5. The van der Waals surface area contributed by atoms with Gasteiger partial charge >= 0.3 is 313 Å². The Balaban J connectivity index is 1.25. The van der Waals surface area contributed by atoms with Crippen molar-refractivity contribution in [1.29, 1.82) is 0 Å². The summed E-state index contributed by atoms with van der Waals surface area (Å²) in [6.07, 6.45) is 24.0. The number of unbranched alkanes of at least 4 members (excludes halogenated alkanes) is 10. The Bertz CT molecular complexity index is 2210. The van der Waals surface area contributed by atoms with Gasteiger partial charge in [0.15, 0.2) is 0 Å². The number of thiophene rings is 6. The zero-order valence-corrected chi connectivity index (χ0v) is 48.3. The monoisotopic (exact) mass is 1120 g/mol. The van der Waals surface area contributed by atoms with Crippen LogP contribution in [0.25, 0.3) is 47.7 Å². The van der Waals surface area contributed by atoms with Crippen LogP contribution < -0.4 is 5.79 Å². The first-order chi connectivity index (χ1) is 28.4. The van der Waals surface area contributed by atoms with Gasteiger partial charge in [0.05, 0.1) is 6.10 Å². The van der Waals surface area contributed by atoms with E-state index in [1.807, 2.05) is 0 Å². The first-order valence-corrected chi connectivity index (χ1v) is 48.0. The molecule has 2 atom stereocenters. The summed E-state index contributed by atoms with van der Waals surface area (Å²) >= 11 is 8.42. The van der Waals surface area contributed by atoms with Gasteiger partial charge in [0.2, 0.25) is 0 Å². The van der Waals surface area contributed by atoms with E-state index in [0.29, 0.717) is 6.10 Å². The second kappa shape index (κ2) is 22.9. The molecule has 0 fully saturated rings. The maximum atomic E-state index is 11.3. The number of ether oxygens (including phenoxy) is 1. The van der Waals surface area contributed by atoms with Crippen molar-refractivity contribution in [2.45, 2.75) is 172 Å². The van der Waals surface area contributed by atoms with Gasteiger partial charge in [-0.1, -0.05) is 13.8 Å². The molecule has 0 aromatic carbocycles. The molecule has 2 unspecified atom stereocenters. The van der Waals surface area contributed by atoms with Crippen LogP contribution in [0.2, 0.25) is 29.6 Å². The van der Waals surface area contributed by atoms with Crippen molar-refractivity contribution in [3.8, 4) is 19.5 Å². The molecule has 0 bridgehead atoms. The summed E-state index contributed by atoms with van der Waals surface area (Å²) in [6.45, 7) is 7.36. The molecule has 6 heterocycles. The number of aryl methyl sites for hydroxylation is 2. The van der Waals surface area contributed by atoms with E-state index >= 15 is 0 Å². The Morgan fingerprint density at radius 1 is 0.508 bits per heavy atom. The van der Waals surface area contributed by atoms with Crippen LogP contribution in [0.4, 0.5) is 0 Å². The summed E-state index contributed by atoms with van der Waals surface area (Å²) in [5, 5.41) is 0. The molecule has 6 aromatic rings. The molecule has 0 N–H and O–H groups in total. The fourth-order valence-electron chi connectivity index (χ4n) is 8.39. The fraction of sp³-hybridized carbons (Fsp3) is 0.612. The van der Waals surface area contributed by atoms with Gasteiger partial charge in [-0.05, 0) is 32.6 Å². The predicted molar refractivity (Wildman–Crippen MR) is 281 cm³/mol. The van der Waals surface area contributed by atoms with E-state index in [9.17, 15) is 4.79 Å². The molecule has 6 aromatic heterocycles. The second-order valence-electron chi connectivity index (χ2n) is 18.9. The molecule has 324 valence electrons. The van der Waals surface area contributed by atoms with E-state index in [0.717, 1.165) is 25.9 Å². The molecule has 0 aliphatic rings. The van der Waals surface area contributed by atoms with E-state index in [2.05, 4.69) is 143 Å². The second-order valence-corrected chi connectivity index (χ2v) is 56.0. The zero-order chi connectivity index (χ0) is 42.2. The van der Waals surface area contributed by atoms with Crippen molar-refractivity contribution in [1.82, 2.24) is 0 Å². The van der Waals surface area contributed by atoms with Gasteiger partial charge in [-0.3, -0.25) is 0 Å². The van der Waals surface area contributed by atoms with Crippen LogP contribution in [0.5, 0.6) is 0 Å². The van der Waals surface area contributed by atoms with E-state index in [-0.39, 0.29) is 5.92 Å². The zero-order valence-electron chi connectivity index (χ0n) is 37.7. The van der Waals surface area contributed by atoms with Gasteiger partial charge < -0.3 is 9.53 Å². The summed E-state index contributed by atoms with van der Waals surface area (Å²) in [5.41, 5.74) is 3.29. The summed E-state index contributed by atoms with van der Waals surface area (Å²) in [4.78, 5) is 32.8. The van der Waals surface area contributed by atoms with Crippen molar-refractivity contribution in [3.05, 3.63) is 35.4 Å². The summed E-state index contributed by atoms with van der Waals surface area (Å²) in [7, 11) is 0. The fourth-order valence-corrected chi connectivity index (χ4v) is 27.5. The van der Waals surface area contributed by atoms with Crippen molar-refractivity contribution < 1.29 is 9.53 Å². The average Bonchev–Trinajstić information content (AvgIpc) is 4.05. The maximum absolute atomic E-state index is 11.3. The topological polar surface area (TPSA) is 26.3 Å². The number of carbonyl (C=O) groups excluding carboxylic acids is 1. The molecule has 6 rings (SSSR count). The first-order valence-electron chi connectivity index (χ1n) is 23.1. The Morgan fingerprint density at radius 2 is 0.932 bits per heavy atom. The minimum atomic E-state index is -2.16. The van der Waals surface area contributed by atoms with Crippen LogP contribution in [-0.4, -0.2) is 55.8 Å². The average molecular weight is 1120 g/mol. The number of hydrogen-bond donors (Lipinski definition) is 0. The van der Waals surface area contributed by atoms with E-state index in [1.165, 1.54) is 112 Å². The predicted octanol–water partition coefficient (Wildman–Crippen LogP) is 17.5. The summed E-state index contributed by atoms with van der Waals surface area (Å²) < 4.78 is 18.8. The van der Waals surface area contributed by atoms with Crippen molar-refractivity contribution in [2.24, 2.45) is 5.92 Å². The number of hydrogen-bond acceptors (Lipinski definition) is 8. The molecular weight excluding hydrogens is 1050 g/mol. The van der Waals surface area contributed by atoms with Crippen LogP contribution in [0, 0.1) is 5.92 Å². The summed E-state index contributed by atoms with van der Waals surface area (Å²) in [5.74, 6) is 0.262. The van der Waals surface area contributed by atoms with Gasteiger partial charge in [-0.15, -0.1) is 0 Å². The van der Waals surface area contributed by atoms with Crippen LogP contribution in [-0.2, 0) is 22.4 Å². The van der Waals surface area contributed by atoms with Gasteiger partial charge in [-0.2, -0.15) is 0 Å². The molecule has 0 spiro atoms. The van der Waals surface area contributed by atoms with Crippen LogP contribution in [0.15, 0.2) is 24.3 Å². The molecule has 10 heteroatoms. The number of rotatable bonds is 27. The Hall–Kier alpha value is 0.207. The number of aldehydes is 1. The van der Waals surface area contributed by atoms with Crippen molar-refractivity contribution >= 4 is 145 Å². The Morgan fingerprint density at radius 3 is 1.32 bits per heavy atom. The minimum absolute atomic E-state index is 0.262. The normalized spacial score (nSPS) is 13.8. The van der Waals surface area contributed by atoms with Crippen molar-refractivity contribution in [3.63, 3.8) is 0 Å². The Labute approximate surface area is 389 Å².